The summed E-state index contributed by atoms with van der Waals surface area (Å²) in [5.74, 6) is -1.05. The number of anilines is 1. The fourth-order valence-corrected chi connectivity index (χ4v) is 5.11. The second kappa shape index (κ2) is 16.7. The molecule has 0 radical (unpaired) electrons. The van der Waals surface area contributed by atoms with Crippen LogP contribution < -0.4 is 10.1 Å². The molecule has 0 fully saturated rings. The topological polar surface area (TPSA) is 104 Å². The quantitative estimate of drug-likeness (QED) is 0.392. The van der Waals surface area contributed by atoms with Crippen molar-refractivity contribution in [3.8, 4) is 5.75 Å². The van der Waals surface area contributed by atoms with E-state index in [4.69, 9.17) is 9.47 Å². The molecule has 0 bridgehead atoms. The van der Waals surface area contributed by atoms with E-state index in [1.807, 2.05) is 33.0 Å². The van der Waals surface area contributed by atoms with Crippen LogP contribution in [0.25, 0.3) is 0 Å². The Morgan fingerprint density at radius 1 is 1.20 bits per heavy atom. The lowest BCUT2D eigenvalue weighted by Crippen LogP contribution is -2.47. The number of rotatable bonds is 9. The van der Waals surface area contributed by atoms with Crippen LogP contribution in [-0.2, 0) is 16.1 Å². The normalized spacial score (nSPS) is 21.2. The van der Waals surface area contributed by atoms with Crippen molar-refractivity contribution in [3.63, 3.8) is 0 Å². The Balaban J connectivity index is 1.89. The zero-order valence-electron chi connectivity index (χ0n) is 26.0. The maximum atomic E-state index is 14.1. The van der Waals surface area contributed by atoms with Crippen LogP contribution in [0.4, 0.5) is 18.9 Å². The number of carbonyl (C=O) groups is 2. The number of aliphatic hydroxyl groups is 1. The Morgan fingerprint density at radius 3 is 2.61 bits per heavy atom. The van der Waals surface area contributed by atoms with Crippen LogP contribution in [-0.4, -0.2) is 89.5 Å². The lowest BCUT2D eigenvalue weighted by molar-refractivity contribution is -0.142. The van der Waals surface area contributed by atoms with Crippen molar-refractivity contribution in [1.82, 2.24) is 14.8 Å². The van der Waals surface area contributed by atoms with Crippen molar-refractivity contribution in [2.75, 3.05) is 38.7 Å². The van der Waals surface area contributed by atoms with Gasteiger partial charge in [0.1, 0.15) is 5.75 Å². The van der Waals surface area contributed by atoms with E-state index < -0.39 is 36.9 Å². The number of aliphatic hydroxyl groups excluding tert-OH is 1. The highest BCUT2D eigenvalue weighted by molar-refractivity contribution is 5.99. The van der Waals surface area contributed by atoms with E-state index in [1.54, 1.807) is 30.3 Å². The monoisotopic (exact) mass is 622 g/mol. The minimum Gasteiger partial charge on any atom is -0.490 e. The van der Waals surface area contributed by atoms with E-state index in [2.05, 4.69) is 15.2 Å². The number of benzene rings is 1. The summed E-state index contributed by atoms with van der Waals surface area (Å²) in [4.78, 5) is 34.2. The molecule has 2 aromatic rings. The smallest absolute Gasteiger partial charge is 0.389 e. The second-order valence-corrected chi connectivity index (χ2v) is 11.7. The van der Waals surface area contributed by atoms with E-state index in [1.165, 1.54) is 12.1 Å². The minimum absolute atomic E-state index is 0.121. The van der Waals surface area contributed by atoms with Gasteiger partial charge in [-0.15, -0.1) is 0 Å². The number of aromatic nitrogens is 1. The Labute approximate surface area is 257 Å². The molecule has 0 unspecified atom stereocenters. The average molecular weight is 623 g/mol. The molecule has 0 saturated heterocycles. The number of amides is 2. The van der Waals surface area contributed by atoms with Gasteiger partial charge >= 0.3 is 6.18 Å². The van der Waals surface area contributed by atoms with Gasteiger partial charge in [-0.25, -0.2) is 0 Å². The van der Waals surface area contributed by atoms with Gasteiger partial charge in [0, 0.05) is 56.7 Å². The van der Waals surface area contributed by atoms with Crippen LogP contribution in [0.3, 0.4) is 0 Å². The predicted molar refractivity (Wildman–Crippen MR) is 161 cm³/mol. The molecular formula is C32H45F3N4O5. The third kappa shape index (κ3) is 11.4. The highest BCUT2D eigenvalue weighted by atomic mass is 19.4. The Bertz CT molecular complexity index is 1200. The van der Waals surface area contributed by atoms with E-state index in [0.29, 0.717) is 31.9 Å². The van der Waals surface area contributed by atoms with E-state index in [9.17, 15) is 27.9 Å². The summed E-state index contributed by atoms with van der Waals surface area (Å²) in [5.41, 5.74) is 1.46. The van der Waals surface area contributed by atoms with Crippen molar-refractivity contribution in [1.29, 1.82) is 0 Å². The summed E-state index contributed by atoms with van der Waals surface area (Å²) in [6, 6.07) is 7.87. The number of fused-ring (bicyclic) bond motifs is 1. The van der Waals surface area contributed by atoms with Crippen LogP contribution in [0.2, 0.25) is 0 Å². The van der Waals surface area contributed by atoms with Gasteiger partial charge in [-0.1, -0.05) is 6.92 Å². The van der Waals surface area contributed by atoms with Crippen LogP contribution in [0.1, 0.15) is 68.8 Å². The first-order valence-corrected chi connectivity index (χ1v) is 15.1. The Hall–Kier alpha value is -3.22. The van der Waals surface area contributed by atoms with Crippen LogP contribution in [0.15, 0.2) is 42.7 Å². The number of hydrogen-bond acceptors (Lipinski definition) is 7. The molecular weight excluding hydrogens is 577 g/mol. The molecule has 1 aromatic carbocycles. The minimum atomic E-state index is -4.46. The van der Waals surface area contributed by atoms with Crippen molar-refractivity contribution in [3.05, 3.63) is 53.9 Å². The zero-order chi connectivity index (χ0) is 32.3. The van der Waals surface area contributed by atoms with Gasteiger partial charge < -0.3 is 24.8 Å². The molecule has 1 aliphatic rings. The van der Waals surface area contributed by atoms with Gasteiger partial charge in [-0.3, -0.25) is 19.5 Å². The molecule has 2 amide bonds. The van der Waals surface area contributed by atoms with Gasteiger partial charge in [0.2, 0.25) is 5.91 Å². The molecule has 0 spiro atoms. The molecule has 244 valence electrons. The number of likely N-dealkylation sites (N-methyl/N-ethyl adjacent to an activating group) is 1. The maximum absolute atomic E-state index is 14.1. The summed E-state index contributed by atoms with van der Waals surface area (Å²) in [6.45, 7) is 7.51. The Morgan fingerprint density at radius 2 is 1.93 bits per heavy atom. The van der Waals surface area contributed by atoms with Gasteiger partial charge in [-0.05, 0) is 76.1 Å². The van der Waals surface area contributed by atoms with Crippen LogP contribution >= 0.6 is 0 Å². The molecule has 1 aromatic heterocycles. The molecule has 2 heterocycles. The third-order valence-corrected chi connectivity index (χ3v) is 7.66. The molecule has 2 N–H and O–H groups in total. The van der Waals surface area contributed by atoms with Gasteiger partial charge in [0.05, 0.1) is 36.8 Å². The van der Waals surface area contributed by atoms with Crippen LogP contribution in [0, 0.1) is 5.92 Å². The molecule has 4 atom stereocenters. The standard InChI is InChI=1S/C32H45F3N4O5/c1-22-18-39(23(2)21-40)31(42)27-17-26(37-30(41)10-13-32(33,34)35)8-9-28(27)44-24(3)7-5-6-16-43-29(22)20-38(4)19-25-11-14-36-15-12-25/h8-9,11-12,14-15,17,22-24,29,40H,5-7,10,13,16,18-21H2,1-4H3,(H,37,41)/t22-,23+,24+,29-/m0/s1. The van der Waals surface area contributed by atoms with Crippen LogP contribution in [0.5, 0.6) is 5.75 Å². The van der Waals surface area contributed by atoms with Crippen molar-refractivity contribution >= 4 is 17.5 Å². The number of halogens is 3. The largest absolute Gasteiger partial charge is 0.490 e. The SMILES string of the molecule is C[C@@H]1CCCCO[C@@H](CN(C)Cc2ccncc2)[C@@H](C)CN([C@H](C)CO)C(=O)c2cc(NC(=O)CCC(F)(F)F)ccc2O1. The number of nitrogens with zero attached hydrogens (tertiary/aromatic N) is 3. The van der Waals surface area contributed by atoms with E-state index >= 15 is 0 Å². The van der Waals surface area contributed by atoms with Gasteiger partial charge in [-0.2, -0.15) is 13.2 Å². The molecule has 12 heteroatoms. The summed E-state index contributed by atoms with van der Waals surface area (Å²) in [6.07, 6.45) is -0.977. The number of pyridine rings is 1. The number of carbonyl (C=O) groups excluding carboxylic acids is 2. The van der Waals surface area contributed by atoms with Gasteiger partial charge in [0.15, 0.2) is 0 Å². The van der Waals surface area contributed by atoms with Crippen molar-refractivity contribution in [2.45, 2.75) is 83.8 Å². The van der Waals surface area contributed by atoms with Gasteiger partial charge in [0.25, 0.3) is 5.91 Å². The summed E-state index contributed by atoms with van der Waals surface area (Å²) in [5, 5.41) is 12.6. The maximum Gasteiger partial charge on any atom is 0.389 e. The molecule has 1 aliphatic heterocycles. The predicted octanol–water partition coefficient (Wildman–Crippen LogP) is 5.29. The molecule has 0 saturated carbocycles. The number of alkyl halides is 3. The first kappa shape index (κ1) is 35.3. The lowest BCUT2D eigenvalue weighted by atomic mass is 10.0. The summed E-state index contributed by atoms with van der Waals surface area (Å²) >= 11 is 0. The van der Waals surface area contributed by atoms with Crippen molar-refractivity contribution in [2.24, 2.45) is 5.92 Å². The number of hydrogen-bond donors (Lipinski definition) is 2. The second-order valence-electron chi connectivity index (χ2n) is 11.7. The molecule has 44 heavy (non-hydrogen) atoms. The average Bonchev–Trinajstić information content (AvgIpc) is 2.97. The fraction of sp³-hybridized carbons (Fsp3) is 0.594. The van der Waals surface area contributed by atoms with E-state index in [0.717, 1.165) is 18.4 Å². The third-order valence-electron chi connectivity index (χ3n) is 7.66. The lowest BCUT2D eigenvalue weighted by Gasteiger charge is -2.36. The summed E-state index contributed by atoms with van der Waals surface area (Å²) < 4.78 is 50.5. The first-order valence-electron chi connectivity index (χ1n) is 15.1. The Kier molecular flexibility index (Phi) is 13.4. The summed E-state index contributed by atoms with van der Waals surface area (Å²) in [7, 11) is 2.01. The highest BCUT2D eigenvalue weighted by Crippen LogP contribution is 2.29. The van der Waals surface area contributed by atoms with Crippen molar-refractivity contribution < 1.29 is 37.3 Å². The van der Waals surface area contributed by atoms with E-state index in [-0.39, 0.29) is 42.5 Å². The number of ether oxygens (including phenoxy) is 2. The molecule has 0 aliphatic carbocycles. The zero-order valence-corrected chi connectivity index (χ0v) is 26.0. The molecule has 3 rings (SSSR count). The number of nitrogens with one attached hydrogen (secondary N) is 1. The first-order chi connectivity index (χ1) is 20.9. The highest BCUT2D eigenvalue weighted by Gasteiger charge is 2.31. The fourth-order valence-electron chi connectivity index (χ4n) is 5.11. The molecule has 9 nitrogen and oxygen atoms in total.